The minimum absolute atomic E-state index is 0.282. The van der Waals surface area contributed by atoms with Crippen LogP contribution >= 0.6 is 11.6 Å². The van der Waals surface area contributed by atoms with E-state index in [2.05, 4.69) is 10.3 Å². The molecule has 0 unspecified atom stereocenters. The van der Waals surface area contributed by atoms with E-state index < -0.39 is 0 Å². The number of methoxy groups -OCH3 is 1. The van der Waals surface area contributed by atoms with E-state index in [1.54, 1.807) is 24.3 Å². The molecule has 2 aromatic rings. The number of pyridine rings is 1. The van der Waals surface area contributed by atoms with Crippen molar-refractivity contribution in [2.45, 2.75) is 0 Å². The number of hydrogen-bond acceptors (Lipinski definition) is 4. The van der Waals surface area contributed by atoms with Crippen LogP contribution in [0.3, 0.4) is 0 Å². The number of halogens is 1. The van der Waals surface area contributed by atoms with Crippen molar-refractivity contribution in [1.29, 1.82) is 0 Å². The Morgan fingerprint density at radius 2 is 2.16 bits per heavy atom. The van der Waals surface area contributed by atoms with Crippen molar-refractivity contribution in [2.24, 2.45) is 0 Å². The first-order valence-corrected chi connectivity index (χ1v) is 5.84. The van der Waals surface area contributed by atoms with Crippen molar-refractivity contribution in [3.05, 3.63) is 47.1 Å². The average Bonchev–Trinajstić information content (AvgIpc) is 2.42. The monoisotopic (exact) mass is 277 g/mol. The van der Waals surface area contributed by atoms with Crippen LogP contribution in [0.4, 0.5) is 11.4 Å². The van der Waals surface area contributed by atoms with E-state index >= 15 is 0 Å². The van der Waals surface area contributed by atoms with Gasteiger partial charge in [-0.3, -0.25) is 4.79 Å². The number of ether oxygens (including phenoxy) is 1. The molecule has 3 N–H and O–H groups in total. The topological polar surface area (TPSA) is 77.2 Å². The summed E-state index contributed by atoms with van der Waals surface area (Å²) >= 11 is 5.80. The number of nitrogens with one attached hydrogen (secondary N) is 1. The summed E-state index contributed by atoms with van der Waals surface area (Å²) in [6.07, 6.45) is 1.51. The molecule has 2 rings (SSSR count). The first-order valence-electron chi connectivity index (χ1n) is 5.46. The zero-order valence-corrected chi connectivity index (χ0v) is 10.9. The molecule has 0 aliphatic carbocycles. The van der Waals surface area contributed by atoms with Crippen molar-refractivity contribution in [1.82, 2.24) is 4.98 Å². The molecular weight excluding hydrogens is 266 g/mol. The van der Waals surface area contributed by atoms with Crippen LogP contribution in [0.15, 0.2) is 36.5 Å². The Labute approximate surface area is 115 Å². The van der Waals surface area contributed by atoms with Gasteiger partial charge in [-0.05, 0) is 24.3 Å². The van der Waals surface area contributed by atoms with Gasteiger partial charge in [-0.1, -0.05) is 11.6 Å². The maximum atomic E-state index is 12.0. The largest absolute Gasteiger partial charge is 0.481 e. The molecule has 0 aliphatic heterocycles. The highest BCUT2D eigenvalue weighted by molar-refractivity contribution is 6.33. The molecular formula is C13H12ClN3O2. The van der Waals surface area contributed by atoms with Crippen LogP contribution in [0.1, 0.15) is 10.4 Å². The van der Waals surface area contributed by atoms with Gasteiger partial charge in [0.1, 0.15) is 0 Å². The number of benzene rings is 1. The Bertz CT molecular complexity index is 599. The molecule has 0 spiro atoms. The number of aromatic nitrogens is 1. The smallest absolute Gasteiger partial charge is 0.255 e. The summed E-state index contributed by atoms with van der Waals surface area (Å²) in [5, 5.41) is 3.12. The molecule has 1 heterocycles. The Kier molecular flexibility index (Phi) is 3.87. The van der Waals surface area contributed by atoms with Crippen LogP contribution < -0.4 is 15.8 Å². The van der Waals surface area contributed by atoms with E-state index in [1.165, 1.54) is 19.4 Å². The van der Waals surface area contributed by atoms with Crippen LogP contribution in [-0.4, -0.2) is 18.0 Å². The van der Waals surface area contributed by atoms with Crippen LogP contribution in [0, 0.1) is 0 Å². The van der Waals surface area contributed by atoms with Gasteiger partial charge in [0.05, 0.1) is 29.7 Å². The quantitative estimate of drug-likeness (QED) is 0.846. The number of nitrogens with two attached hydrogens (primary N) is 1. The molecule has 1 amide bonds. The summed E-state index contributed by atoms with van der Waals surface area (Å²) in [4.78, 5) is 16.0. The number of nitrogens with zero attached hydrogens (tertiary/aromatic N) is 1. The van der Waals surface area contributed by atoms with Crippen LogP contribution in [0.25, 0.3) is 0 Å². The van der Waals surface area contributed by atoms with Gasteiger partial charge in [0.2, 0.25) is 5.88 Å². The van der Waals surface area contributed by atoms with Gasteiger partial charge in [-0.25, -0.2) is 4.98 Å². The Hall–Kier alpha value is -2.27. The molecule has 0 aliphatic rings. The highest BCUT2D eigenvalue weighted by Crippen LogP contribution is 2.20. The van der Waals surface area contributed by atoms with Gasteiger partial charge in [-0.2, -0.15) is 0 Å². The summed E-state index contributed by atoms with van der Waals surface area (Å²) in [6, 6.07) is 8.06. The number of carbonyl (C=O) groups is 1. The summed E-state index contributed by atoms with van der Waals surface area (Å²) < 4.78 is 4.93. The van der Waals surface area contributed by atoms with Gasteiger partial charge in [-0.15, -0.1) is 0 Å². The standard InChI is InChI=1S/C13H12ClN3O2/c1-19-12-5-3-9(7-16-12)17-13(18)8-2-4-10(14)11(15)6-8/h2-7H,15H2,1H3,(H,17,18). The Morgan fingerprint density at radius 3 is 2.74 bits per heavy atom. The van der Waals surface area contributed by atoms with Crippen molar-refractivity contribution in [3.8, 4) is 5.88 Å². The molecule has 5 nitrogen and oxygen atoms in total. The lowest BCUT2D eigenvalue weighted by molar-refractivity contribution is 0.102. The van der Waals surface area contributed by atoms with Crippen molar-refractivity contribution < 1.29 is 9.53 Å². The highest BCUT2D eigenvalue weighted by atomic mass is 35.5. The molecule has 0 saturated heterocycles. The predicted molar refractivity (Wildman–Crippen MR) is 74.6 cm³/mol. The summed E-state index contributed by atoms with van der Waals surface area (Å²) in [6.45, 7) is 0. The molecule has 1 aromatic carbocycles. The number of hydrogen-bond donors (Lipinski definition) is 2. The molecule has 0 atom stereocenters. The molecule has 6 heteroatoms. The fourth-order valence-corrected chi connectivity index (χ4v) is 1.58. The second-order valence-electron chi connectivity index (χ2n) is 3.78. The zero-order chi connectivity index (χ0) is 13.8. The third-order valence-corrected chi connectivity index (χ3v) is 2.81. The second-order valence-corrected chi connectivity index (χ2v) is 4.19. The van der Waals surface area contributed by atoms with Gasteiger partial charge >= 0.3 is 0 Å². The Morgan fingerprint density at radius 1 is 1.37 bits per heavy atom. The van der Waals surface area contributed by atoms with Crippen LogP contribution in [-0.2, 0) is 0 Å². The number of rotatable bonds is 3. The van der Waals surface area contributed by atoms with E-state index in [4.69, 9.17) is 22.1 Å². The minimum Gasteiger partial charge on any atom is -0.481 e. The second kappa shape index (κ2) is 5.58. The molecule has 1 aromatic heterocycles. The lowest BCUT2D eigenvalue weighted by Crippen LogP contribution is -2.12. The maximum absolute atomic E-state index is 12.0. The third kappa shape index (κ3) is 3.14. The van der Waals surface area contributed by atoms with Gasteiger partial charge < -0.3 is 15.8 Å². The number of nitrogen functional groups attached to an aromatic ring is 1. The Balaban J connectivity index is 2.13. The molecule has 19 heavy (non-hydrogen) atoms. The van der Waals surface area contributed by atoms with E-state index in [-0.39, 0.29) is 5.91 Å². The third-order valence-electron chi connectivity index (χ3n) is 2.46. The number of carbonyl (C=O) groups excluding carboxylic acids is 1. The normalized spacial score (nSPS) is 10.0. The predicted octanol–water partition coefficient (Wildman–Crippen LogP) is 2.58. The van der Waals surface area contributed by atoms with Crippen LogP contribution in [0.2, 0.25) is 5.02 Å². The van der Waals surface area contributed by atoms with Crippen molar-refractivity contribution in [3.63, 3.8) is 0 Å². The van der Waals surface area contributed by atoms with Crippen molar-refractivity contribution >= 4 is 28.9 Å². The lowest BCUT2D eigenvalue weighted by Gasteiger charge is -2.06. The number of amides is 1. The van der Waals surface area contributed by atoms with E-state index in [1.807, 2.05) is 0 Å². The molecule has 0 bridgehead atoms. The van der Waals surface area contributed by atoms with Crippen molar-refractivity contribution in [2.75, 3.05) is 18.2 Å². The van der Waals surface area contributed by atoms with E-state index in [9.17, 15) is 4.79 Å². The summed E-state index contributed by atoms with van der Waals surface area (Å²) in [5.74, 6) is 0.198. The highest BCUT2D eigenvalue weighted by Gasteiger charge is 2.08. The average molecular weight is 278 g/mol. The van der Waals surface area contributed by atoms with Gasteiger partial charge in [0.15, 0.2) is 0 Å². The molecule has 0 saturated carbocycles. The molecule has 0 radical (unpaired) electrons. The van der Waals surface area contributed by atoms with E-state index in [0.29, 0.717) is 27.8 Å². The van der Waals surface area contributed by atoms with Gasteiger partial charge in [0.25, 0.3) is 5.91 Å². The molecule has 0 fully saturated rings. The molecule has 98 valence electrons. The number of anilines is 2. The minimum atomic E-state index is -0.282. The van der Waals surface area contributed by atoms with E-state index in [0.717, 1.165) is 0 Å². The maximum Gasteiger partial charge on any atom is 0.255 e. The zero-order valence-electron chi connectivity index (χ0n) is 10.2. The summed E-state index contributed by atoms with van der Waals surface area (Å²) in [5.41, 5.74) is 7.01. The SMILES string of the molecule is COc1ccc(NC(=O)c2ccc(Cl)c(N)c2)cn1. The lowest BCUT2D eigenvalue weighted by atomic mass is 10.2. The van der Waals surface area contributed by atoms with Crippen LogP contribution in [0.5, 0.6) is 5.88 Å². The summed E-state index contributed by atoms with van der Waals surface area (Å²) in [7, 11) is 1.52. The fourth-order valence-electron chi connectivity index (χ4n) is 1.46. The first kappa shape index (κ1) is 13.2. The first-order chi connectivity index (χ1) is 9.10. The fraction of sp³-hybridized carbons (Fsp3) is 0.0769. The van der Waals surface area contributed by atoms with Gasteiger partial charge in [0, 0.05) is 11.6 Å².